The molecule has 3 heterocycles. The maximum absolute atomic E-state index is 12.5. The number of benzene rings is 2. The van der Waals surface area contributed by atoms with Crippen molar-refractivity contribution >= 4 is 48.9 Å². The summed E-state index contributed by atoms with van der Waals surface area (Å²) in [6, 6.07) is 17.8. The monoisotopic (exact) mass is 401 g/mol. The number of hydrogen-bond donors (Lipinski definition) is 1. The van der Waals surface area contributed by atoms with Crippen LogP contribution in [0.2, 0.25) is 0 Å². The first-order valence-corrected chi connectivity index (χ1v) is 10.5. The van der Waals surface area contributed by atoms with E-state index in [-0.39, 0.29) is 5.91 Å². The molecular weight excluding hydrogens is 386 g/mol. The van der Waals surface area contributed by atoms with Gasteiger partial charge < -0.3 is 5.32 Å². The number of thiophene rings is 1. The Kier molecular flexibility index (Phi) is 4.35. The summed E-state index contributed by atoms with van der Waals surface area (Å²) in [5.74, 6) is -0.0957. The zero-order chi connectivity index (χ0) is 18.9. The van der Waals surface area contributed by atoms with E-state index in [9.17, 15) is 4.79 Å². The maximum atomic E-state index is 12.5. The molecule has 28 heavy (non-hydrogen) atoms. The zero-order valence-corrected chi connectivity index (χ0v) is 16.4. The highest BCUT2D eigenvalue weighted by molar-refractivity contribution is 7.22. The SMILES string of the molecule is O=C(NCc1cccnc1)c1ccc2nc(-c3csc4ccccc34)sc2c1. The molecule has 0 radical (unpaired) electrons. The lowest BCUT2D eigenvalue weighted by atomic mass is 10.2. The number of thiazole rings is 1. The molecule has 0 aliphatic heterocycles. The van der Waals surface area contributed by atoms with Crippen molar-refractivity contribution in [1.82, 2.24) is 15.3 Å². The number of carbonyl (C=O) groups excluding carboxylic acids is 1. The normalized spacial score (nSPS) is 11.1. The number of nitrogens with zero attached hydrogens (tertiary/aromatic N) is 2. The summed E-state index contributed by atoms with van der Waals surface area (Å²) in [7, 11) is 0. The van der Waals surface area contributed by atoms with E-state index in [1.54, 1.807) is 35.1 Å². The summed E-state index contributed by atoms with van der Waals surface area (Å²) in [4.78, 5) is 21.4. The number of carbonyl (C=O) groups is 1. The van der Waals surface area contributed by atoms with Gasteiger partial charge in [0, 0.05) is 45.5 Å². The second kappa shape index (κ2) is 7.14. The second-order valence-electron chi connectivity index (χ2n) is 6.39. The van der Waals surface area contributed by atoms with Gasteiger partial charge in [0.05, 0.1) is 10.2 Å². The highest BCUT2D eigenvalue weighted by Crippen LogP contribution is 2.38. The van der Waals surface area contributed by atoms with E-state index in [2.05, 4.69) is 39.9 Å². The molecule has 0 saturated carbocycles. The van der Waals surface area contributed by atoms with Crippen molar-refractivity contribution < 1.29 is 4.79 Å². The summed E-state index contributed by atoms with van der Waals surface area (Å²) >= 11 is 3.35. The molecule has 3 aromatic heterocycles. The molecule has 6 heteroatoms. The maximum Gasteiger partial charge on any atom is 0.251 e. The van der Waals surface area contributed by atoms with Crippen LogP contribution in [0.4, 0.5) is 0 Å². The Balaban J connectivity index is 1.43. The summed E-state index contributed by atoms with van der Waals surface area (Å²) < 4.78 is 2.27. The molecule has 1 N–H and O–H groups in total. The Morgan fingerprint density at radius 1 is 1.04 bits per heavy atom. The van der Waals surface area contributed by atoms with E-state index in [1.807, 2.05) is 30.3 Å². The smallest absolute Gasteiger partial charge is 0.251 e. The number of nitrogens with one attached hydrogen (secondary N) is 1. The molecule has 0 atom stereocenters. The Bertz CT molecular complexity index is 1290. The van der Waals surface area contributed by atoms with E-state index in [4.69, 9.17) is 4.98 Å². The van der Waals surface area contributed by atoms with E-state index >= 15 is 0 Å². The second-order valence-corrected chi connectivity index (χ2v) is 8.33. The first-order valence-electron chi connectivity index (χ1n) is 8.82. The lowest BCUT2D eigenvalue weighted by molar-refractivity contribution is 0.0951. The van der Waals surface area contributed by atoms with Crippen LogP contribution in [0.25, 0.3) is 30.9 Å². The van der Waals surface area contributed by atoms with Crippen molar-refractivity contribution in [2.24, 2.45) is 0 Å². The minimum absolute atomic E-state index is 0.0957. The van der Waals surface area contributed by atoms with E-state index in [0.29, 0.717) is 12.1 Å². The Hall–Kier alpha value is -3.09. The first kappa shape index (κ1) is 17.0. The molecule has 0 aliphatic carbocycles. The van der Waals surface area contributed by atoms with Gasteiger partial charge in [-0.15, -0.1) is 22.7 Å². The van der Waals surface area contributed by atoms with Crippen molar-refractivity contribution in [3.05, 3.63) is 83.5 Å². The highest BCUT2D eigenvalue weighted by Gasteiger charge is 2.13. The fourth-order valence-corrected chi connectivity index (χ4v) is 5.17. The number of hydrogen-bond acceptors (Lipinski definition) is 5. The Morgan fingerprint density at radius 3 is 2.86 bits per heavy atom. The van der Waals surface area contributed by atoms with Crippen molar-refractivity contribution in [2.75, 3.05) is 0 Å². The van der Waals surface area contributed by atoms with Gasteiger partial charge in [-0.2, -0.15) is 0 Å². The minimum Gasteiger partial charge on any atom is -0.348 e. The van der Waals surface area contributed by atoms with Gasteiger partial charge in [0.2, 0.25) is 0 Å². The van der Waals surface area contributed by atoms with Crippen molar-refractivity contribution in [3.63, 3.8) is 0 Å². The fourth-order valence-electron chi connectivity index (χ4n) is 3.11. The van der Waals surface area contributed by atoms with Gasteiger partial charge >= 0.3 is 0 Å². The average molecular weight is 402 g/mol. The van der Waals surface area contributed by atoms with Crippen LogP contribution < -0.4 is 5.32 Å². The minimum atomic E-state index is -0.0957. The summed E-state index contributed by atoms with van der Waals surface area (Å²) in [6.45, 7) is 0.458. The molecule has 136 valence electrons. The Labute approximate surface area is 169 Å². The predicted molar refractivity (Wildman–Crippen MR) is 116 cm³/mol. The molecule has 0 spiro atoms. The molecule has 0 fully saturated rings. The van der Waals surface area contributed by atoms with Crippen LogP contribution in [-0.2, 0) is 6.54 Å². The van der Waals surface area contributed by atoms with Crippen molar-refractivity contribution in [1.29, 1.82) is 0 Å². The summed E-state index contributed by atoms with van der Waals surface area (Å²) in [5.41, 5.74) is 3.69. The van der Waals surface area contributed by atoms with Gasteiger partial charge in [-0.1, -0.05) is 24.3 Å². The van der Waals surface area contributed by atoms with Crippen LogP contribution in [0.3, 0.4) is 0 Å². The molecule has 2 aromatic carbocycles. The topological polar surface area (TPSA) is 54.9 Å². The molecule has 5 aromatic rings. The lowest BCUT2D eigenvalue weighted by Crippen LogP contribution is -2.22. The van der Waals surface area contributed by atoms with Crippen LogP contribution in [0.1, 0.15) is 15.9 Å². The van der Waals surface area contributed by atoms with Gasteiger partial charge in [0.25, 0.3) is 5.91 Å². The van der Waals surface area contributed by atoms with Gasteiger partial charge in [0.15, 0.2) is 0 Å². The zero-order valence-electron chi connectivity index (χ0n) is 14.8. The molecule has 0 aliphatic rings. The van der Waals surface area contributed by atoms with Crippen molar-refractivity contribution in [3.8, 4) is 10.6 Å². The molecular formula is C22H15N3OS2. The molecule has 0 bridgehead atoms. The van der Waals surface area contributed by atoms with E-state index < -0.39 is 0 Å². The van der Waals surface area contributed by atoms with E-state index in [0.717, 1.165) is 26.4 Å². The highest BCUT2D eigenvalue weighted by atomic mass is 32.1. The van der Waals surface area contributed by atoms with Gasteiger partial charge in [-0.05, 0) is 35.9 Å². The fraction of sp³-hybridized carbons (Fsp3) is 0.0455. The standard InChI is InChI=1S/C22H15N3OS2/c26-21(24-12-14-4-3-9-23-11-14)15-7-8-18-20(10-15)28-22(25-18)17-13-27-19-6-2-1-5-16(17)19/h1-11,13H,12H2,(H,24,26). The summed E-state index contributed by atoms with van der Waals surface area (Å²) in [6.07, 6.45) is 3.47. The number of fused-ring (bicyclic) bond motifs is 2. The van der Waals surface area contributed by atoms with Crippen LogP contribution in [0, 0.1) is 0 Å². The molecule has 0 unspecified atom stereocenters. The van der Waals surface area contributed by atoms with Crippen LogP contribution in [0.15, 0.2) is 72.4 Å². The molecule has 5 rings (SSSR count). The van der Waals surface area contributed by atoms with Crippen LogP contribution in [-0.4, -0.2) is 15.9 Å². The van der Waals surface area contributed by atoms with Crippen molar-refractivity contribution in [2.45, 2.75) is 6.54 Å². The largest absolute Gasteiger partial charge is 0.348 e. The third-order valence-corrected chi connectivity index (χ3v) is 6.55. The number of amides is 1. The quantitative estimate of drug-likeness (QED) is 0.432. The van der Waals surface area contributed by atoms with Gasteiger partial charge in [-0.3, -0.25) is 9.78 Å². The van der Waals surface area contributed by atoms with E-state index in [1.165, 1.54) is 10.1 Å². The first-order chi connectivity index (χ1) is 13.8. The molecule has 0 saturated heterocycles. The molecule has 1 amide bonds. The van der Waals surface area contributed by atoms with Crippen LogP contribution >= 0.6 is 22.7 Å². The van der Waals surface area contributed by atoms with Gasteiger partial charge in [0.1, 0.15) is 5.01 Å². The Morgan fingerprint density at radius 2 is 1.96 bits per heavy atom. The number of rotatable bonds is 4. The third-order valence-electron chi connectivity index (χ3n) is 4.54. The number of aromatic nitrogens is 2. The van der Waals surface area contributed by atoms with Crippen LogP contribution in [0.5, 0.6) is 0 Å². The molecule has 4 nitrogen and oxygen atoms in total. The third kappa shape index (κ3) is 3.17. The summed E-state index contributed by atoms with van der Waals surface area (Å²) in [5, 5.41) is 7.31. The van der Waals surface area contributed by atoms with Gasteiger partial charge in [-0.25, -0.2) is 4.98 Å². The average Bonchev–Trinajstić information content (AvgIpc) is 3.36. The number of pyridine rings is 1. The lowest BCUT2D eigenvalue weighted by Gasteiger charge is -2.04. The predicted octanol–water partition coefficient (Wildman–Crippen LogP) is 5.50.